The predicted molar refractivity (Wildman–Crippen MR) is 92.4 cm³/mol. The second-order valence-corrected chi connectivity index (χ2v) is 7.10. The summed E-state index contributed by atoms with van der Waals surface area (Å²) in [7, 11) is 0. The highest BCUT2D eigenvalue weighted by Crippen LogP contribution is 2.38. The van der Waals surface area contributed by atoms with Gasteiger partial charge in [0.25, 0.3) is 0 Å². The molecule has 2 nitrogen and oxygen atoms in total. The SMILES string of the molecule is CC(C)c1cccc(OOC(C)(C)C)c1-c1ccc(Cl)cc1. The van der Waals surface area contributed by atoms with E-state index in [2.05, 4.69) is 19.9 Å². The molecule has 0 heterocycles. The summed E-state index contributed by atoms with van der Waals surface area (Å²) in [5.41, 5.74) is 2.97. The third-order valence-corrected chi connectivity index (χ3v) is 3.45. The summed E-state index contributed by atoms with van der Waals surface area (Å²) in [6.45, 7) is 10.2. The van der Waals surface area contributed by atoms with Crippen LogP contribution in [0.2, 0.25) is 5.02 Å². The largest absolute Gasteiger partial charge is 0.336 e. The lowest BCUT2D eigenvalue weighted by Crippen LogP contribution is -2.21. The normalized spacial score (nSPS) is 11.8. The second kappa shape index (κ2) is 6.72. The highest BCUT2D eigenvalue weighted by Gasteiger charge is 2.18. The quantitative estimate of drug-likeness (QED) is 0.490. The van der Waals surface area contributed by atoms with E-state index in [1.54, 1.807) is 0 Å². The van der Waals surface area contributed by atoms with Gasteiger partial charge in [0.15, 0.2) is 5.75 Å². The smallest absolute Gasteiger partial charge is 0.173 e. The van der Waals surface area contributed by atoms with Crippen LogP contribution in [0.3, 0.4) is 0 Å². The second-order valence-electron chi connectivity index (χ2n) is 6.66. The molecule has 118 valence electrons. The monoisotopic (exact) mass is 318 g/mol. The minimum atomic E-state index is -0.370. The molecule has 22 heavy (non-hydrogen) atoms. The molecule has 0 amide bonds. The minimum absolute atomic E-state index is 0.370. The summed E-state index contributed by atoms with van der Waals surface area (Å²) < 4.78 is 0. The van der Waals surface area contributed by atoms with Gasteiger partial charge in [0.2, 0.25) is 0 Å². The molecule has 2 aromatic rings. The van der Waals surface area contributed by atoms with Crippen LogP contribution in [0.1, 0.15) is 46.1 Å². The highest BCUT2D eigenvalue weighted by atomic mass is 35.5. The van der Waals surface area contributed by atoms with Crippen LogP contribution in [-0.4, -0.2) is 5.60 Å². The van der Waals surface area contributed by atoms with Gasteiger partial charge in [-0.15, -0.1) is 0 Å². The summed E-state index contributed by atoms with van der Waals surface area (Å²) >= 11 is 6.01. The van der Waals surface area contributed by atoms with E-state index in [9.17, 15) is 0 Å². The van der Waals surface area contributed by atoms with Crippen molar-refractivity contribution in [2.75, 3.05) is 0 Å². The van der Waals surface area contributed by atoms with Crippen LogP contribution in [0, 0.1) is 0 Å². The van der Waals surface area contributed by atoms with Gasteiger partial charge in [-0.05, 0) is 56.0 Å². The molecule has 0 spiro atoms. The molecule has 0 bridgehead atoms. The average molecular weight is 319 g/mol. The van der Waals surface area contributed by atoms with Crippen LogP contribution >= 0.6 is 11.6 Å². The molecule has 0 aliphatic carbocycles. The molecular formula is C19H23ClO2. The van der Waals surface area contributed by atoms with Crippen molar-refractivity contribution in [3.63, 3.8) is 0 Å². The number of halogens is 1. The van der Waals surface area contributed by atoms with Crippen molar-refractivity contribution in [1.82, 2.24) is 0 Å². The third kappa shape index (κ3) is 4.25. The Kier molecular flexibility index (Phi) is 5.15. The van der Waals surface area contributed by atoms with Crippen LogP contribution in [0.5, 0.6) is 5.75 Å². The summed E-state index contributed by atoms with van der Waals surface area (Å²) in [4.78, 5) is 11.2. The third-order valence-electron chi connectivity index (χ3n) is 3.19. The maximum atomic E-state index is 6.01. The van der Waals surface area contributed by atoms with Gasteiger partial charge in [-0.3, -0.25) is 0 Å². The number of benzene rings is 2. The standard InChI is InChI=1S/C19H23ClO2/c1-13(2)16-7-6-8-17(21-22-19(3,4)5)18(16)14-9-11-15(20)12-10-14/h6-13H,1-5H3. The molecule has 3 heteroatoms. The van der Waals surface area contributed by atoms with Crippen LogP contribution in [0.25, 0.3) is 11.1 Å². The highest BCUT2D eigenvalue weighted by molar-refractivity contribution is 6.30. The number of rotatable bonds is 4. The van der Waals surface area contributed by atoms with Gasteiger partial charge in [0.1, 0.15) is 5.60 Å². The fourth-order valence-corrected chi connectivity index (χ4v) is 2.32. The zero-order chi connectivity index (χ0) is 16.3. The average Bonchev–Trinajstić information content (AvgIpc) is 2.45. The van der Waals surface area contributed by atoms with Crippen LogP contribution < -0.4 is 4.89 Å². The predicted octanol–water partition coefficient (Wildman–Crippen LogP) is 6.24. The van der Waals surface area contributed by atoms with Gasteiger partial charge >= 0.3 is 0 Å². The topological polar surface area (TPSA) is 18.5 Å². The van der Waals surface area contributed by atoms with Crippen molar-refractivity contribution >= 4 is 11.6 Å². The van der Waals surface area contributed by atoms with E-state index in [1.165, 1.54) is 5.56 Å². The van der Waals surface area contributed by atoms with Gasteiger partial charge in [0, 0.05) is 10.6 Å². The Hall–Kier alpha value is -1.51. The first-order valence-electron chi connectivity index (χ1n) is 7.52. The first-order valence-corrected chi connectivity index (χ1v) is 7.90. The summed E-state index contributed by atoms with van der Waals surface area (Å²) in [5.74, 6) is 1.10. The molecule has 0 fully saturated rings. The fourth-order valence-electron chi connectivity index (χ4n) is 2.19. The Morgan fingerprint density at radius 2 is 1.59 bits per heavy atom. The molecule has 0 saturated heterocycles. The van der Waals surface area contributed by atoms with Crippen molar-refractivity contribution in [2.45, 2.75) is 46.1 Å². The first-order chi connectivity index (χ1) is 10.3. The molecule has 0 unspecified atom stereocenters. The van der Waals surface area contributed by atoms with Crippen LogP contribution in [0.15, 0.2) is 42.5 Å². The van der Waals surface area contributed by atoms with Crippen molar-refractivity contribution < 1.29 is 9.78 Å². The van der Waals surface area contributed by atoms with Gasteiger partial charge in [-0.1, -0.05) is 49.7 Å². The molecule has 0 atom stereocenters. The zero-order valence-corrected chi connectivity index (χ0v) is 14.6. The molecule has 0 radical (unpaired) electrons. The van der Waals surface area contributed by atoms with Crippen molar-refractivity contribution in [3.05, 3.63) is 53.1 Å². The van der Waals surface area contributed by atoms with E-state index in [-0.39, 0.29) is 5.60 Å². The van der Waals surface area contributed by atoms with Crippen LogP contribution in [0.4, 0.5) is 0 Å². The van der Waals surface area contributed by atoms with E-state index in [4.69, 9.17) is 21.4 Å². The van der Waals surface area contributed by atoms with Gasteiger partial charge < -0.3 is 4.89 Å². The zero-order valence-electron chi connectivity index (χ0n) is 13.8. The van der Waals surface area contributed by atoms with E-state index >= 15 is 0 Å². The van der Waals surface area contributed by atoms with Crippen molar-refractivity contribution in [1.29, 1.82) is 0 Å². The summed E-state index contributed by atoms with van der Waals surface area (Å²) in [6, 6.07) is 13.8. The van der Waals surface area contributed by atoms with Gasteiger partial charge in [-0.25, -0.2) is 0 Å². The molecule has 0 aliphatic heterocycles. The number of hydrogen-bond donors (Lipinski definition) is 0. The molecule has 0 aliphatic rings. The summed E-state index contributed by atoms with van der Waals surface area (Å²) in [5, 5.41) is 0.721. The van der Waals surface area contributed by atoms with Gasteiger partial charge in [0.05, 0.1) is 0 Å². The fraction of sp³-hybridized carbons (Fsp3) is 0.368. The Morgan fingerprint density at radius 3 is 2.14 bits per heavy atom. The lowest BCUT2D eigenvalue weighted by Gasteiger charge is -2.21. The van der Waals surface area contributed by atoms with E-state index in [0.29, 0.717) is 5.92 Å². The van der Waals surface area contributed by atoms with E-state index < -0.39 is 0 Å². The molecule has 0 N–H and O–H groups in total. The molecule has 0 aromatic heterocycles. The van der Waals surface area contributed by atoms with Gasteiger partial charge in [-0.2, -0.15) is 4.89 Å². The van der Waals surface area contributed by atoms with Crippen LogP contribution in [-0.2, 0) is 4.89 Å². The summed E-state index contributed by atoms with van der Waals surface area (Å²) in [6.07, 6.45) is 0. The lowest BCUT2D eigenvalue weighted by molar-refractivity contribution is -0.274. The lowest BCUT2D eigenvalue weighted by atomic mass is 9.92. The van der Waals surface area contributed by atoms with E-state index in [1.807, 2.05) is 57.2 Å². The first kappa shape index (κ1) is 16.9. The maximum Gasteiger partial charge on any atom is 0.173 e. The Bertz CT molecular complexity index is 625. The van der Waals surface area contributed by atoms with E-state index in [0.717, 1.165) is 21.9 Å². The maximum absolute atomic E-state index is 6.01. The number of hydrogen-bond acceptors (Lipinski definition) is 2. The Labute approximate surface area is 138 Å². The Balaban J connectivity index is 2.49. The minimum Gasteiger partial charge on any atom is -0.336 e. The molecular weight excluding hydrogens is 296 g/mol. The Morgan fingerprint density at radius 1 is 0.955 bits per heavy atom. The van der Waals surface area contributed by atoms with Crippen molar-refractivity contribution in [2.24, 2.45) is 0 Å². The van der Waals surface area contributed by atoms with Crippen molar-refractivity contribution in [3.8, 4) is 16.9 Å². The molecule has 2 rings (SSSR count). The molecule has 0 saturated carbocycles. The molecule has 2 aromatic carbocycles.